The minimum atomic E-state index is -0.438. The number of hydrogen-bond acceptors (Lipinski definition) is 4. The van der Waals surface area contributed by atoms with Crippen molar-refractivity contribution in [3.63, 3.8) is 0 Å². The Morgan fingerprint density at radius 1 is 1.19 bits per heavy atom. The Morgan fingerprint density at radius 2 is 1.93 bits per heavy atom. The zero-order chi connectivity index (χ0) is 19.4. The van der Waals surface area contributed by atoms with Crippen LogP contribution in [-0.2, 0) is 17.8 Å². The number of halogens is 3. The van der Waals surface area contributed by atoms with Crippen LogP contribution in [0.4, 0.5) is 4.39 Å². The minimum Gasteiger partial charge on any atom is -0.341 e. The summed E-state index contributed by atoms with van der Waals surface area (Å²) in [5.74, 6) is 0.165. The summed E-state index contributed by atoms with van der Waals surface area (Å²) < 4.78 is 19.0. The predicted molar refractivity (Wildman–Crippen MR) is 101 cm³/mol. The molecule has 3 aromatic rings. The highest BCUT2D eigenvalue weighted by molar-refractivity contribution is 6.31. The van der Waals surface area contributed by atoms with Crippen LogP contribution in [0.25, 0.3) is 11.4 Å². The first kappa shape index (κ1) is 19.3. The highest BCUT2D eigenvalue weighted by atomic mass is 35.5. The van der Waals surface area contributed by atoms with Gasteiger partial charge in [-0.2, -0.15) is 4.98 Å². The molecule has 0 aliphatic rings. The molecule has 2 aromatic carbocycles. The van der Waals surface area contributed by atoms with Gasteiger partial charge in [0.25, 0.3) is 0 Å². The predicted octanol–water partition coefficient (Wildman–Crippen LogP) is 4.77. The van der Waals surface area contributed by atoms with E-state index in [2.05, 4.69) is 10.1 Å². The van der Waals surface area contributed by atoms with Crippen LogP contribution in [0.1, 0.15) is 17.9 Å². The summed E-state index contributed by atoms with van der Waals surface area (Å²) in [6.07, 6.45) is 0.444. The molecule has 5 nitrogen and oxygen atoms in total. The quantitative estimate of drug-likeness (QED) is 0.590. The molecule has 140 valence electrons. The molecule has 0 bridgehead atoms. The number of carbonyl (C=O) groups is 1. The molecular weight excluding hydrogens is 392 g/mol. The van der Waals surface area contributed by atoms with E-state index in [-0.39, 0.29) is 30.9 Å². The maximum absolute atomic E-state index is 13.8. The lowest BCUT2D eigenvalue weighted by Crippen LogP contribution is -2.27. The second-order valence-corrected chi connectivity index (χ2v) is 6.81. The van der Waals surface area contributed by atoms with E-state index in [1.165, 1.54) is 17.0 Å². The number of amides is 1. The second kappa shape index (κ2) is 8.50. The third kappa shape index (κ3) is 4.84. The molecule has 0 atom stereocenters. The van der Waals surface area contributed by atoms with Crippen molar-refractivity contribution in [1.82, 2.24) is 15.0 Å². The third-order valence-corrected chi connectivity index (χ3v) is 4.61. The van der Waals surface area contributed by atoms with E-state index in [4.69, 9.17) is 27.7 Å². The zero-order valence-electron chi connectivity index (χ0n) is 14.5. The zero-order valence-corrected chi connectivity index (χ0v) is 16.0. The summed E-state index contributed by atoms with van der Waals surface area (Å²) in [7, 11) is 1.60. The van der Waals surface area contributed by atoms with Crippen molar-refractivity contribution in [1.29, 1.82) is 0 Å². The Morgan fingerprint density at radius 3 is 2.63 bits per heavy atom. The van der Waals surface area contributed by atoms with Crippen molar-refractivity contribution in [3.8, 4) is 11.4 Å². The summed E-state index contributed by atoms with van der Waals surface area (Å²) in [5, 5.41) is 4.82. The van der Waals surface area contributed by atoms with Crippen LogP contribution in [0.2, 0.25) is 10.0 Å². The van der Waals surface area contributed by atoms with Gasteiger partial charge in [0.1, 0.15) is 5.82 Å². The molecule has 0 spiro atoms. The monoisotopic (exact) mass is 407 g/mol. The largest absolute Gasteiger partial charge is 0.341 e. The first-order chi connectivity index (χ1) is 12.9. The van der Waals surface area contributed by atoms with Crippen LogP contribution in [0.3, 0.4) is 0 Å². The van der Waals surface area contributed by atoms with E-state index in [1.807, 2.05) is 0 Å². The molecule has 0 radical (unpaired) electrons. The molecule has 0 fully saturated rings. The van der Waals surface area contributed by atoms with Gasteiger partial charge in [-0.3, -0.25) is 4.79 Å². The lowest BCUT2D eigenvalue weighted by molar-refractivity contribution is -0.130. The standard InChI is InChI=1S/C19H16Cl2FN3O2/c1-25(11-14-15(21)3-2-4-16(14)22)18(26)10-9-17-23-19(24-27-17)12-5-7-13(20)8-6-12/h2-8H,9-11H2,1H3. The van der Waals surface area contributed by atoms with Gasteiger partial charge in [0.2, 0.25) is 17.6 Å². The van der Waals surface area contributed by atoms with Crippen molar-refractivity contribution in [2.24, 2.45) is 0 Å². The van der Waals surface area contributed by atoms with Crippen LogP contribution < -0.4 is 0 Å². The van der Waals surface area contributed by atoms with Gasteiger partial charge in [-0.1, -0.05) is 34.4 Å². The molecule has 1 amide bonds. The summed E-state index contributed by atoms with van der Waals surface area (Å²) >= 11 is 11.9. The first-order valence-electron chi connectivity index (χ1n) is 8.19. The number of nitrogens with zero attached hydrogens (tertiary/aromatic N) is 3. The molecule has 0 aliphatic heterocycles. The lowest BCUT2D eigenvalue weighted by atomic mass is 10.2. The van der Waals surface area contributed by atoms with Crippen LogP contribution >= 0.6 is 23.2 Å². The van der Waals surface area contributed by atoms with Crippen molar-refractivity contribution in [2.75, 3.05) is 7.05 Å². The van der Waals surface area contributed by atoms with E-state index in [0.717, 1.165) is 5.56 Å². The number of aromatic nitrogens is 2. The molecule has 1 aromatic heterocycles. The van der Waals surface area contributed by atoms with Gasteiger partial charge < -0.3 is 9.42 Å². The summed E-state index contributed by atoms with van der Waals surface area (Å²) in [5.41, 5.74) is 1.06. The van der Waals surface area contributed by atoms with Crippen LogP contribution in [0.15, 0.2) is 47.0 Å². The summed E-state index contributed by atoms with van der Waals surface area (Å²) in [4.78, 5) is 18.0. The maximum Gasteiger partial charge on any atom is 0.227 e. The Labute approximate surface area is 165 Å². The highest BCUT2D eigenvalue weighted by Crippen LogP contribution is 2.21. The Kier molecular flexibility index (Phi) is 6.08. The normalized spacial score (nSPS) is 10.8. The van der Waals surface area contributed by atoms with Gasteiger partial charge in [0.15, 0.2) is 0 Å². The van der Waals surface area contributed by atoms with Crippen molar-refractivity contribution < 1.29 is 13.7 Å². The number of benzene rings is 2. The molecule has 27 heavy (non-hydrogen) atoms. The van der Waals surface area contributed by atoms with Gasteiger partial charge in [0, 0.05) is 47.6 Å². The molecule has 3 rings (SSSR count). The second-order valence-electron chi connectivity index (χ2n) is 5.97. The first-order valence-corrected chi connectivity index (χ1v) is 8.95. The number of aryl methyl sites for hydroxylation is 1. The molecule has 0 unspecified atom stereocenters. The SMILES string of the molecule is CN(Cc1c(F)cccc1Cl)C(=O)CCc1nc(-c2ccc(Cl)cc2)no1. The summed E-state index contributed by atoms with van der Waals surface area (Å²) in [6.45, 7) is 0.0875. The van der Waals surface area contributed by atoms with Gasteiger partial charge >= 0.3 is 0 Å². The fourth-order valence-electron chi connectivity index (χ4n) is 2.49. The Hall–Kier alpha value is -2.44. The highest BCUT2D eigenvalue weighted by Gasteiger charge is 2.16. The molecular formula is C19H16Cl2FN3O2. The van der Waals surface area contributed by atoms with E-state index in [0.29, 0.717) is 21.8 Å². The molecule has 0 aliphatic carbocycles. The van der Waals surface area contributed by atoms with Gasteiger partial charge in [-0.15, -0.1) is 0 Å². The van der Waals surface area contributed by atoms with Crippen LogP contribution in [-0.4, -0.2) is 28.0 Å². The van der Waals surface area contributed by atoms with Crippen molar-refractivity contribution in [3.05, 3.63) is 69.8 Å². The average Bonchev–Trinajstić information content (AvgIpc) is 3.12. The van der Waals surface area contributed by atoms with Crippen molar-refractivity contribution in [2.45, 2.75) is 19.4 Å². The molecule has 1 heterocycles. The molecule has 0 saturated carbocycles. The van der Waals surface area contributed by atoms with Gasteiger partial charge in [-0.25, -0.2) is 4.39 Å². The molecule has 0 N–H and O–H groups in total. The van der Waals surface area contributed by atoms with Crippen LogP contribution in [0, 0.1) is 5.82 Å². The lowest BCUT2D eigenvalue weighted by Gasteiger charge is -2.18. The average molecular weight is 408 g/mol. The number of carbonyl (C=O) groups excluding carboxylic acids is 1. The van der Waals surface area contributed by atoms with E-state index in [1.54, 1.807) is 37.4 Å². The topological polar surface area (TPSA) is 59.2 Å². The third-order valence-electron chi connectivity index (χ3n) is 4.01. The Balaban J connectivity index is 1.58. The fraction of sp³-hybridized carbons (Fsp3) is 0.211. The van der Waals surface area contributed by atoms with Crippen molar-refractivity contribution >= 4 is 29.1 Å². The number of rotatable bonds is 6. The molecule has 0 saturated heterocycles. The van der Waals surface area contributed by atoms with E-state index in [9.17, 15) is 9.18 Å². The van der Waals surface area contributed by atoms with Crippen LogP contribution in [0.5, 0.6) is 0 Å². The maximum atomic E-state index is 13.8. The van der Waals surface area contributed by atoms with Gasteiger partial charge in [0.05, 0.1) is 0 Å². The number of hydrogen-bond donors (Lipinski definition) is 0. The Bertz CT molecular complexity index is 924. The fourth-order valence-corrected chi connectivity index (χ4v) is 2.83. The van der Waals surface area contributed by atoms with Gasteiger partial charge in [-0.05, 0) is 36.4 Å². The smallest absolute Gasteiger partial charge is 0.227 e. The molecule has 8 heteroatoms. The minimum absolute atomic E-state index is 0.0875. The summed E-state index contributed by atoms with van der Waals surface area (Å²) in [6, 6.07) is 11.5. The van der Waals surface area contributed by atoms with E-state index < -0.39 is 5.82 Å². The van der Waals surface area contributed by atoms with E-state index >= 15 is 0 Å².